The molecule has 15 nitrogen and oxygen atoms in total. The third-order valence-electron chi connectivity index (χ3n) is 5.95. The summed E-state index contributed by atoms with van der Waals surface area (Å²) in [6.45, 7) is 0. The van der Waals surface area contributed by atoms with Crippen LogP contribution >= 0.6 is 42.8 Å². The minimum absolute atomic E-state index is 0.114. The molecule has 4 rings (SSSR count). The number of hydrogen-bond acceptors (Lipinski definition) is 14. The molecule has 1 fully saturated rings. The molecular formula is C21H26N8O7PS3+. The Kier molecular flexibility index (Phi) is 8.89. The molecule has 0 aromatic carbocycles. The fourth-order valence-electron chi connectivity index (χ4n) is 3.86. The van der Waals surface area contributed by atoms with Crippen LogP contribution in [0.5, 0.6) is 0 Å². The highest BCUT2D eigenvalue weighted by Crippen LogP contribution is 2.54. The predicted molar refractivity (Wildman–Crippen MR) is 150 cm³/mol. The first-order chi connectivity index (χ1) is 18.9. The first kappa shape index (κ1) is 30.0. The summed E-state index contributed by atoms with van der Waals surface area (Å²) in [6.07, 6.45) is 0. The lowest BCUT2D eigenvalue weighted by molar-refractivity contribution is -0.698. The van der Waals surface area contributed by atoms with Gasteiger partial charge in [-0.15, -0.1) is 23.1 Å². The van der Waals surface area contributed by atoms with E-state index in [-0.39, 0.29) is 39.4 Å². The number of nitrogens with zero attached hydrogens (tertiary/aromatic N) is 4. The zero-order valence-electron chi connectivity index (χ0n) is 21.4. The van der Waals surface area contributed by atoms with Crippen molar-refractivity contribution in [1.82, 2.24) is 20.2 Å². The van der Waals surface area contributed by atoms with Gasteiger partial charge in [0.2, 0.25) is 11.6 Å². The van der Waals surface area contributed by atoms with Crippen LogP contribution < -0.4 is 32.0 Å². The lowest BCUT2D eigenvalue weighted by Gasteiger charge is -2.49. The molecule has 2 amide bonds. The van der Waals surface area contributed by atoms with Crippen molar-refractivity contribution in [3.63, 3.8) is 0 Å². The van der Waals surface area contributed by atoms with E-state index in [9.17, 15) is 24.4 Å². The molecule has 0 saturated carbocycles. The summed E-state index contributed by atoms with van der Waals surface area (Å²) >= 11 is 3.59. The lowest BCUT2D eigenvalue weighted by Crippen LogP contribution is -2.70. The molecule has 2 aliphatic rings. The second-order valence-corrected chi connectivity index (χ2v) is 13.4. The van der Waals surface area contributed by atoms with Crippen LogP contribution in [0.25, 0.3) is 5.57 Å². The van der Waals surface area contributed by atoms with Crippen LogP contribution in [0, 0.1) is 0 Å². The average molecular weight is 630 g/mol. The number of hydrogen-bond donors (Lipinski definition) is 5. The van der Waals surface area contributed by atoms with E-state index in [0.29, 0.717) is 16.5 Å². The average Bonchev–Trinajstić information content (AvgIpc) is 3.36. The number of thioether (sulfide) groups is 2. The number of carboxylic acids is 1. The highest BCUT2D eigenvalue weighted by Gasteiger charge is 2.54. The van der Waals surface area contributed by atoms with Gasteiger partial charge >= 0.3 is 11.1 Å². The normalized spacial score (nSPS) is 19.4. The predicted octanol–water partition coefficient (Wildman–Crippen LogP) is -0.603. The maximum absolute atomic E-state index is 13.3. The Labute approximate surface area is 241 Å². The van der Waals surface area contributed by atoms with Crippen LogP contribution in [0.1, 0.15) is 5.69 Å². The van der Waals surface area contributed by atoms with Gasteiger partial charge in [-0.1, -0.05) is 4.98 Å². The number of thiazole rings is 1. The molecule has 4 heterocycles. The maximum Gasteiger partial charge on any atom is 0.352 e. The van der Waals surface area contributed by atoms with Gasteiger partial charge in [-0.05, 0) is 17.3 Å². The number of aliphatic carboxylic acids is 1. The molecule has 0 spiro atoms. The summed E-state index contributed by atoms with van der Waals surface area (Å²) in [5.41, 5.74) is 17.7. The van der Waals surface area contributed by atoms with Crippen molar-refractivity contribution in [3.8, 4) is 0 Å². The Morgan fingerprint density at radius 3 is 2.65 bits per heavy atom. The van der Waals surface area contributed by atoms with E-state index in [1.807, 2.05) is 0 Å². The summed E-state index contributed by atoms with van der Waals surface area (Å²) in [5, 5.41) is 14.0. The van der Waals surface area contributed by atoms with Gasteiger partial charge in [0.05, 0.1) is 33.0 Å². The number of nitrogen functional groups attached to an aromatic ring is 3. The zero-order valence-corrected chi connectivity index (χ0v) is 24.7. The van der Waals surface area contributed by atoms with E-state index < -0.39 is 37.1 Å². The SMILES string of the molecule is CO[P+]([O-])(/C=C(/C(=O)N[C@@H]1C(=O)N2C(C(=O)O)=C(CSc3nc(N)cc(N)[n+]3C)CS[C@H]12)c1csc(N)n1)OC. The monoisotopic (exact) mass is 629 g/mol. The van der Waals surface area contributed by atoms with Gasteiger partial charge in [0, 0.05) is 16.9 Å². The number of aromatic nitrogens is 3. The molecule has 8 N–H and O–H groups in total. The van der Waals surface area contributed by atoms with Gasteiger partial charge < -0.3 is 32.5 Å². The topological polar surface area (TPSA) is 236 Å². The van der Waals surface area contributed by atoms with Crippen LogP contribution in [-0.4, -0.2) is 74.9 Å². The van der Waals surface area contributed by atoms with Crippen molar-refractivity contribution in [2.45, 2.75) is 16.6 Å². The second-order valence-electron chi connectivity index (χ2n) is 8.37. The molecule has 0 bridgehead atoms. The van der Waals surface area contributed by atoms with Crippen LogP contribution in [-0.2, 0) is 30.5 Å². The number of amides is 2. The van der Waals surface area contributed by atoms with Crippen molar-refractivity contribution in [2.24, 2.45) is 7.05 Å². The molecular weight excluding hydrogens is 603 g/mol. The fraction of sp³-hybridized carbons (Fsp3) is 0.333. The number of carbonyl (C=O) groups is 3. The summed E-state index contributed by atoms with van der Waals surface area (Å²) in [6, 6.07) is 0.464. The van der Waals surface area contributed by atoms with Gasteiger partial charge in [0.25, 0.3) is 19.8 Å². The van der Waals surface area contributed by atoms with E-state index in [2.05, 4.69) is 15.3 Å². The van der Waals surface area contributed by atoms with Crippen LogP contribution in [0.2, 0.25) is 0 Å². The molecule has 2 aromatic rings. The minimum atomic E-state index is -3.81. The number of carboxylic acid groups (broad SMARTS) is 1. The molecule has 1 saturated heterocycles. The molecule has 2 aliphatic heterocycles. The third kappa shape index (κ3) is 5.88. The van der Waals surface area contributed by atoms with Crippen molar-refractivity contribution < 1.29 is 38.0 Å². The molecule has 19 heteroatoms. The molecule has 0 aliphatic carbocycles. The number of carbonyl (C=O) groups excluding carboxylic acids is 2. The van der Waals surface area contributed by atoms with Crippen molar-refractivity contribution in [1.29, 1.82) is 0 Å². The van der Waals surface area contributed by atoms with Crippen LogP contribution in [0.4, 0.5) is 16.8 Å². The van der Waals surface area contributed by atoms with Gasteiger partial charge in [-0.2, -0.15) is 0 Å². The zero-order chi connectivity index (χ0) is 29.4. The highest BCUT2D eigenvalue weighted by molar-refractivity contribution is 8.01. The Balaban J connectivity index is 1.55. The van der Waals surface area contributed by atoms with Crippen LogP contribution in [0.15, 0.2) is 33.7 Å². The van der Waals surface area contributed by atoms with E-state index in [4.69, 9.17) is 26.2 Å². The van der Waals surface area contributed by atoms with Crippen molar-refractivity contribution in [2.75, 3.05) is 42.9 Å². The largest absolute Gasteiger partial charge is 0.628 e. The van der Waals surface area contributed by atoms with E-state index in [1.165, 1.54) is 35.0 Å². The van der Waals surface area contributed by atoms with Gasteiger partial charge in [-0.25, -0.2) is 23.4 Å². The highest BCUT2D eigenvalue weighted by atomic mass is 32.2. The smallest absolute Gasteiger partial charge is 0.352 e. The number of β-lactam (4-membered cyclic amide) rings is 1. The maximum atomic E-state index is 13.3. The van der Waals surface area contributed by atoms with Gasteiger partial charge in [-0.3, -0.25) is 14.5 Å². The number of fused-ring (bicyclic) bond motifs is 1. The van der Waals surface area contributed by atoms with Gasteiger partial charge in [0.1, 0.15) is 28.5 Å². The molecule has 214 valence electrons. The Bertz CT molecular complexity index is 1430. The Hall–Kier alpha value is -2.99. The van der Waals surface area contributed by atoms with Crippen molar-refractivity contribution >= 4 is 82.9 Å². The second kappa shape index (κ2) is 11.9. The van der Waals surface area contributed by atoms with E-state index in [1.54, 1.807) is 11.6 Å². The summed E-state index contributed by atoms with van der Waals surface area (Å²) in [4.78, 5) is 60.9. The lowest BCUT2D eigenvalue weighted by atomic mass is 10.0. The van der Waals surface area contributed by atoms with Crippen LogP contribution in [0.3, 0.4) is 0 Å². The van der Waals surface area contributed by atoms with E-state index in [0.717, 1.165) is 36.3 Å². The quantitative estimate of drug-likeness (QED) is 0.0551. The molecule has 0 radical (unpaired) electrons. The first-order valence-corrected chi connectivity index (χ1v) is 15.8. The Morgan fingerprint density at radius 2 is 2.05 bits per heavy atom. The fourth-order valence-corrected chi connectivity index (χ4v) is 7.84. The number of rotatable bonds is 10. The Morgan fingerprint density at radius 1 is 1.35 bits per heavy atom. The number of nitrogens with two attached hydrogens (primary N) is 3. The molecule has 0 unspecified atom stereocenters. The minimum Gasteiger partial charge on any atom is -0.628 e. The molecule has 40 heavy (non-hydrogen) atoms. The third-order valence-corrected chi connectivity index (χ3v) is 10.7. The standard InChI is InChI=1S/C21H25N8O7PS3/c1-28-13(23)4-12(22)26-21(28)40-7-9-6-38-18-14(17(31)29(18)15(9)19(32)33)27-16(30)10(5-37(34,35-2)36-3)11-8-39-20(24)25-11/h4-5,8,14,18H,6-7H2,1-3H3,(H7,22,23,24,25,27,30,32,33)/p+1/b10-5+/t14-,18-/m1/s1. The number of anilines is 3. The summed E-state index contributed by atoms with van der Waals surface area (Å²) in [5.74, 6) is -0.555. The molecule has 2 aromatic heterocycles. The molecule has 2 atom stereocenters. The summed E-state index contributed by atoms with van der Waals surface area (Å²) < 4.78 is 11.5. The van der Waals surface area contributed by atoms with Gasteiger partial charge in [0.15, 0.2) is 5.13 Å². The number of nitrogens with one attached hydrogen (secondary N) is 1. The van der Waals surface area contributed by atoms with E-state index >= 15 is 0 Å². The summed E-state index contributed by atoms with van der Waals surface area (Å²) in [7, 11) is 0.210. The first-order valence-electron chi connectivity index (χ1n) is 11.3. The van der Waals surface area contributed by atoms with Crippen molar-refractivity contribution in [3.05, 3.63) is 34.2 Å².